The van der Waals surface area contributed by atoms with E-state index in [4.69, 9.17) is 20.3 Å². The number of phosphoric acid groups is 1. The number of rotatable bonds is 8. The summed E-state index contributed by atoms with van der Waals surface area (Å²) in [6.07, 6.45) is -1.78. The van der Waals surface area contributed by atoms with Crippen LogP contribution in [0.5, 0.6) is 0 Å². The van der Waals surface area contributed by atoms with E-state index in [1.165, 1.54) is 12.3 Å². The molecule has 5 N–H and O–H groups in total. The van der Waals surface area contributed by atoms with Crippen LogP contribution in [-0.2, 0) is 31.6 Å². The summed E-state index contributed by atoms with van der Waals surface area (Å²) in [7, 11) is -11.7. The third-order valence-electron chi connectivity index (χ3n) is 3.00. The summed E-state index contributed by atoms with van der Waals surface area (Å²) < 4.78 is 51.7. The predicted octanol–water partition coefficient (Wildman–Crippen LogP) is -0.0688. The third kappa shape index (κ3) is 5.93. The maximum absolute atomic E-state index is 11.8. The van der Waals surface area contributed by atoms with E-state index < -0.39 is 55.1 Å². The van der Waals surface area contributed by atoms with E-state index in [0.29, 0.717) is 0 Å². The number of nitrogen functional groups attached to an aromatic ring is 1. The lowest BCUT2D eigenvalue weighted by Crippen LogP contribution is -2.31. The molecule has 144 valence electrons. The topological polar surface area (TPSA) is 210 Å². The maximum atomic E-state index is 11.8. The normalized spacial score (nSPS) is 26.3. The number of ether oxygens (including phenoxy) is 1. The van der Waals surface area contributed by atoms with Gasteiger partial charge in [0.05, 0.1) is 6.10 Å². The molecule has 6 atom stereocenters. The van der Waals surface area contributed by atoms with Gasteiger partial charge in [-0.2, -0.15) is 4.98 Å². The molecule has 0 aromatic carbocycles. The third-order valence-corrected chi connectivity index (χ3v) is 6.10. The van der Waals surface area contributed by atoms with E-state index in [2.05, 4.69) is 18.1 Å². The monoisotopic (exact) mass is 433 g/mol. The summed E-state index contributed by atoms with van der Waals surface area (Å²) in [6.45, 7) is -0.439. The van der Waals surface area contributed by atoms with E-state index in [1.54, 1.807) is 0 Å². The second kappa shape index (κ2) is 8.68. The molecule has 3 unspecified atom stereocenters. The van der Waals surface area contributed by atoms with Gasteiger partial charge in [-0.3, -0.25) is 9.46 Å². The van der Waals surface area contributed by atoms with Crippen LogP contribution in [0.1, 0.15) is 12.6 Å². The number of hydrogen-bond donors (Lipinski definition) is 4. The molecule has 1 fully saturated rings. The molecular weight excluding hydrogens is 419 g/mol. The lowest BCUT2D eigenvalue weighted by atomic mass is 10.2. The van der Waals surface area contributed by atoms with E-state index in [1.807, 2.05) is 0 Å². The van der Waals surface area contributed by atoms with E-state index in [9.17, 15) is 23.6 Å². The summed E-state index contributed by atoms with van der Waals surface area (Å²) >= 11 is 0. The van der Waals surface area contributed by atoms with Crippen molar-refractivity contribution < 1.29 is 46.5 Å². The Kier molecular flexibility index (Phi) is 7.05. The van der Waals surface area contributed by atoms with E-state index in [-0.39, 0.29) is 12.2 Å². The Hall–Kier alpha value is -1.17. The van der Waals surface area contributed by atoms with Gasteiger partial charge >= 0.3 is 30.0 Å². The first-order chi connectivity index (χ1) is 12.1. The van der Waals surface area contributed by atoms with Crippen molar-refractivity contribution in [3.63, 3.8) is 0 Å². The van der Waals surface area contributed by atoms with Crippen molar-refractivity contribution in [1.29, 1.82) is 0 Å². The number of aliphatic hydroxyl groups is 1. The van der Waals surface area contributed by atoms with Crippen molar-refractivity contribution in [2.75, 3.05) is 12.3 Å². The maximum Gasteiger partial charge on any atom is 0.708 e. The van der Waals surface area contributed by atoms with Crippen LogP contribution in [-0.4, -0.2) is 43.3 Å². The fourth-order valence-electron chi connectivity index (χ4n) is 2.06. The molecule has 0 aliphatic carbocycles. The molecule has 1 saturated heterocycles. The quantitative estimate of drug-likeness (QED) is 0.396. The first kappa shape index (κ1) is 21.1. The van der Waals surface area contributed by atoms with E-state index >= 15 is 0 Å². The van der Waals surface area contributed by atoms with Crippen molar-refractivity contribution in [2.45, 2.75) is 24.9 Å². The second-order valence-corrected chi connectivity index (χ2v) is 8.31. The number of nitrogens with zero attached hydrogens (tertiary/aromatic N) is 2. The van der Waals surface area contributed by atoms with Crippen LogP contribution in [0.2, 0.25) is 0 Å². The van der Waals surface area contributed by atoms with Gasteiger partial charge in [0.15, 0.2) is 6.23 Å². The summed E-state index contributed by atoms with van der Waals surface area (Å²) in [5.41, 5.74) is 4.62. The highest BCUT2D eigenvalue weighted by atomic mass is 31.3. The van der Waals surface area contributed by atoms with Gasteiger partial charge in [-0.05, 0) is 6.07 Å². The van der Waals surface area contributed by atoms with Gasteiger partial charge in [0.1, 0.15) is 18.5 Å². The summed E-state index contributed by atoms with van der Waals surface area (Å²) in [5, 5.41) is 9.99. The van der Waals surface area contributed by atoms with Crippen molar-refractivity contribution >= 4 is 30.2 Å². The van der Waals surface area contributed by atoms with Gasteiger partial charge in [-0.25, -0.2) is 9.36 Å². The molecule has 26 heavy (non-hydrogen) atoms. The first-order valence-electron chi connectivity index (χ1n) is 6.74. The number of aromatic nitrogens is 2. The average Bonchev–Trinajstić information content (AvgIpc) is 2.84. The molecule has 2 rings (SSSR count). The van der Waals surface area contributed by atoms with Gasteiger partial charge in [0.25, 0.3) is 0 Å². The lowest BCUT2D eigenvalue weighted by Gasteiger charge is -2.16. The molecule has 0 amide bonds. The molecule has 2 heterocycles. The zero-order valence-electron chi connectivity index (χ0n) is 12.7. The minimum Gasteiger partial charge on any atom is -0.388 e. The SMILES string of the molecule is Nc1ccn([C@@H]2O[C@H](CO[P+](=O)OP(=O)(O)O[P+](=O)O)C[C@H]2O)c(=O)n1. The Morgan fingerprint density at radius 2 is 2.15 bits per heavy atom. The minimum atomic E-state index is -5.05. The first-order valence-corrected chi connectivity index (χ1v) is 10.5. The predicted molar refractivity (Wildman–Crippen MR) is 82.8 cm³/mol. The van der Waals surface area contributed by atoms with Crippen LogP contribution in [0.3, 0.4) is 0 Å². The lowest BCUT2D eigenvalue weighted by molar-refractivity contribution is -0.0502. The Balaban J connectivity index is 1.90. The van der Waals surface area contributed by atoms with Gasteiger partial charge in [0, 0.05) is 30.4 Å². The second-order valence-electron chi connectivity index (χ2n) is 4.88. The average molecular weight is 433 g/mol. The van der Waals surface area contributed by atoms with Crippen LogP contribution in [0.15, 0.2) is 17.1 Å². The number of aliphatic hydroxyl groups excluding tert-OH is 1. The Labute approximate surface area is 147 Å². The molecule has 1 aliphatic heterocycles. The van der Waals surface area contributed by atoms with E-state index in [0.717, 1.165) is 4.57 Å². The Morgan fingerprint density at radius 1 is 1.46 bits per heavy atom. The molecule has 14 nitrogen and oxygen atoms in total. The zero-order valence-corrected chi connectivity index (χ0v) is 15.4. The molecule has 0 saturated carbocycles. The van der Waals surface area contributed by atoms with Gasteiger partial charge in [0.2, 0.25) is 0 Å². The van der Waals surface area contributed by atoms with Crippen molar-refractivity contribution in [2.24, 2.45) is 0 Å². The van der Waals surface area contributed by atoms with Gasteiger partial charge in [-0.15, -0.1) is 9.42 Å². The number of nitrogens with two attached hydrogens (primary N) is 1. The summed E-state index contributed by atoms with van der Waals surface area (Å²) in [4.78, 5) is 32.6. The molecule has 1 aromatic heterocycles. The fourth-order valence-corrected chi connectivity index (χ4v) is 4.31. The van der Waals surface area contributed by atoms with Gasteiger partial charge < -0.3 is 15.6 Å². The van der Waals surface area contributed by atoms with Crippen LogP contribution in [0.25, 0.3) is 0 Å². The largest absolute Gasteiger partial charge is 0.708 e. The van der Waals surface area contributed by atoms with Crippen LogP contribution in [0.4, 0.5) is 5.82 Å². The van der Waals surface area contributed by atoms with Gasteiger partial charge in [-0.1, -0.05) is 0 Å². The molecule has 17 heteroatoms. The fraction of sp³-hybridized carbons (Fsp3) is 0.556. The Bertz CT molecular complexity index is 801. The van der Waals surface area contributed by atoms with Crippen molar-refractivity contribution in [3.8, 4) is 0 Å². The molecular formula is C9H14N3O11P3+2. The molecule has 1 aromatic rings. The molecule has 0 radical (unpaired) electrons. The molecule has 1 aliphatic rings. The molecule has 0 spiro atoms. The number of hydrogen-bond acceptors (Lipinski definition) is 11. The van der Waals surface area contributed by atoms with Crippen LogP contribution < -0.4 is 11.4 Å². The zero-order chi connectivity index (χ0) is 19.5. The van der Waals surface area contributed by atoms with Crippen molar-refractivity contribution in [1.82, 2.24) is 9.55 Å². The van der Waals surface area contributed by atoms with Crippen LogP contribution in [0, 0.1) is 0 Å². The smallest absolute Gasteiger partial charge is 0.388 e. The highest BCUT2D eigenvalue weighted by Crippen LogP contribution is 2.57. The summed E-state index contributed by atoms with van der Waals surface area (Å²) in [6, 6.07) is 1.33. The minimum absolute atomic E-state index is 0.00644. The summed E-state index contributed by atoms with van der Waals surface area (Å²) in [5.74, 6) is -0.00644. The highest BCUT2D eigenvalue weighted by Gasteiger charge is 2.46. The molecule has 0 bridgehead atoms. The highest BCUT2D eigenvalue weighted by molar-refractivity contribution is 7.61. The Morgan fingerprint density at radius 3 is 2.77 bits per heavy atom. The number of anilines is 1. The van der Waals surface area contributed by atoms with Crippen molar-refractivity contribution in [3.05, 3.63) is 22.7 Å². The van der Waals surface area contributed by atoms with Crippen LogP contribution >= 0.6 is 24.3 Å². The standard InChI is InChI=1S/C9H12N3O11P3/c10-7-1-2-12(9(14)11-7)8-6(13)3-5(21-8)4-20-25(17)23-26(18,19)22-24(15)16/h1-2,5-6,8,13H,3-4H2,(H2-2,10,11,14,15,16,18,19)/p+2/t5-,6+,8+/m0/s1.